The number of amides is 4. The lowest BCUT2D eigenvalue weighted by atomic mass is 9.99. The van der Waals surface area contributed by atoms with Crippen LogP contribution in [-0.2, 0) is 28.7 Å². The zero-order valence-corrected chi connectivity index (χ0v) is 39.9. The number of aromatic nitrogens is 4. The molecule has 2 fully saturated rings. The van der Waals surface area contributed by atoms with Crippen LogP contribution in [-0.4, -0.2) is 116 Å². The van der Waals surface area contributed by atoms with Crippen molar-refractivity contribution >= 4 is 63.6 Å². The lowest BCUT2D eigenvalue weighted by Crippen LogP contribution is -2.50. The SMILES string of the molecule is Cc1ncsc1-c1ccc([C@H](C)NC(=O)[C@@H]2C[C@@H](O)CN2C(=O)CNC(=O)[C@@H]2CC[C@H](COCCCNC(=O)C[C@@H]3N=C(c4ccc(Cl)cc4)c4c(sc(C)c4C)-n4c(C)nnc43)O2)cc1. The summed E-state index contributed by atoms with van der Waals surface area (Å²) in [5, 5.41) is 29.5. The first-order chi connectivity index (χ1) is 31.7. The Labute approximate surface area is 396 Å². The van der Waals surface area contributed by atoms with Crippen LogP contribution < -0.4 is 16.0 Å². The minimum atomic E-state index is -0.871. The van der Waals surface area contributed by atoms with Gasteiger partial charge in [0.25, 0.3) is 0 Å². The maximum absolute atomic E-state index is 13.4. The molecule has 5 aromatic rings. The van der Waals surface area contributed by atoms with Crippen molar-refractivity contribution in [2.75, 3.05) is 32.8 Å². The number of hydrogen-bond acceptors (Lipinski definition) is 13. The fraction of sp³-hybridized carbons (Fsp3) is 0.447. The first kappa shape index (κ1) is 47.1. The smallest absolute Gasteiger partial charge is 0.249 e. The van der Waals surface area contributed by atoms with E-state index in [2.05, 4.69) is 45.0 Å². The number of fused-ring (bicyclic) bond motifs is 3. The lowest BCUT2D eigenvalue weighted by Gasteiger charge is -2.26. The Morgan fingerprint density at radius 2 is 1.74 bits per heavy atom. The Kier molecular flexibility index (Phi) is 14.7. The van der Waals surface area contributed by atoms with E-state index < -0.39 is 36.1 Å². The second-order valence-electron chi connectivity index (χ2n) is 17.0. The molecule has 3 aliphatic heterocycles. The van der Waals surface area contributed by atoms with Crippen LogP contribution in [0.3, 0.4) is 0 Å². The number of likely N-dealkylation sites (tertiary alicyclic amines) is 1. The molecule has 4 amide bonds. The summed E-state index contributed by atoms with van der Waals surface area (Å²) in [7, 11) is 0. The quantitative estimate of drug-likeness (QED) is 0.0897. The van der Waals surface area contributed by atoms with Crippen molar-refractivity contribution in [1.82, 2.24) is 40.6 Å². The zero-order valence-electron chi connectivity index (χ0n) is 37.5. The van der Waals surface area contributed by atoms with Crippen molar-refractivity contribution in [2.24, 2.45) is 4.99 Å². The van der Waals surface area contributed by atoms with E-state index in [-0.39, 0.29) is 56.5 Å². The van der Waals surface area contributed by atoms with Crippen molar-refractivity contribution < 1.29 is 33.8 Å². The summed E-state index contributed by atoms with van der Waals surface area (Å²) in [5.74, 6) is -0.106. The van der Waals surface area contributed by atoms with Gasteiger partial charge in [-0.05, 0) is 82.7 Å². The van der Waals surface area contributed by atoms with Crippen molar-refractivity contribution in [2.45, 2.75) is 103 Å². The van der Waals surface area contributed by atoms with Crippen LogP contribution >= 0.6 is 34.3 Å². The van der Waals surface area contributed by atoms with Crippen LogP contribution in [0.5, 0.6) is 0 Å². The number of aliphatic hydroxyl groups excluding tert-OH is 1. The minimum absolute atomic E-state index is 0.00613. The summed E-state index contributed by atoms with van der Waals surface area (Å²) in [6, 6.07) is 13.7. The molecule has 0 unspecified atom stereocenters. The largest absolute Gasteiger partial charge is 0.391 e. The molecule has 66 heavy (non-hydrogen) atoms. The minimum Gasteiger partial charge on any atom is -0.391 e. The number of rotatable bonds is 16. The summed E-state index contributed by atoms with van der Waals surface area (Å²) >= 11 is 9.46. The molecule has 348 valence electrons. The second kappa shape index (κ2) is 20.7. The van der Waals surface area contributed by atoms with E-state index in [1.807, 2.05) is 79.4 Å². The summed E-state index contributed by atoms with van der Waals surface area (Å²) in [5.41, 5.74) is 8.52. The molecule has 0 saturated carbocycles. The highest BCUT2D eigenvalue weighted by Gasteiger charge is 2.40. The predicted molar refractivity (Wildman–Crippen MR) is 252 cm³/mol. The van der Waals surface area contributed by atoms with E-state index in [9.17, 15) is 24.3 Å². The van der Waals surface area contributed by atoms with Gasteiger partial charge in [-0.25, -0.2) is 4.98 Å². The van der Waals surface area contributed by atoms with E-state index in [0.29, 0.717) is 43.3 Å². The summed E-state index contributed by atoms with van der Waals surface area (Å²) in [6.45, 7) is 10.6. The molecule has 2 saturated heterocycles. The molecule has 2 aromatic carbocycles. The van der Waals surface area contributed by atoms with Crippen LogP contribution in [0, 0.1) is 27.7 Å². The number of ether oxygens (including phenoxy) is 2. The van der Waals surface area contributed by atoms with Crippen LogP contribution in [0.4, 0.5) is 0 Å². The number of thiophene rings is 1. The van der Waals surface area contributed by atoms with Crippen LogP contribution in [0.15, 0.2) is 59.0 Å². The van der Waals surface area contributed by atoms with Crippen molar-refractivity contribution in [3.05, 3.63) is 104 Å². The summed E-state index contributed by atoms with van der Waals surface area (Å²) in [4.78, 5) is 66.2. The highest BCUT2D eigenvalue weighted by Crippen LogP contribution is 2.40. The highest BCUT2D eigenvalue weighted by molar-refractivity contribution is 7.15. The Hall–Kier alpha value is -5.37. The molecule has 0 aliphatic carbocycles. The third kappa shape index (κ3) is 10.4. The van der Waals surface area contributed by atoms with Crippen molar-refractivity contribution in [1.29, 1.82) is 0 Å². The third-order valence-corrected chi connectivity index (χ3v) is 14.7. The number of carbonyl (C=O) groups excluding carboxylic acids is 4. The Morgan fingerprint density at radius 3 is 2.48 bits per heavy atom. The standard InChI is InChI=1S/C47H54ClN9O7S2/c1-25-28(4)66-47-41(25)42(31-11-13-33(48)14-12-31)53-36(44-55-54-29(5)57(44)47)20-39(59)49-17-6-18-63-23-35-15-16-38(64-35)46(62)50-21-40(60)56-22-34(58)19-37(56)45(61)52-26(2)30-7-9-32(10-8-30)43-27(3)51-24-65-43/h7-14,24,26,34-38,58H,6,15-23H2,1-5H3,(H,49,59)(H,50,62)(H,52,61)/t26-,34+,35+,36-,37-,38-/m0/s1. The number of β-amino-alcohol motifs (C(OH)–C–C–N with tert-alkyl or cyclic N) is 1. The Balaban J connectivity index is 0.754. The van der Waals surface area contributed by atoms with Gasteiger partial charge in [0.1, 0.15) is 29.0 Å². The van der Waals surface area contributed by atoms with Gasteiger partial charge in [-0.1, -0.05) is 48.0 Å². The van der Waals surface area contributed by atoms with Crippen LogP contribution in [0.25, 0.3) is 15.4 Å². The van der Waals surface area contributed by atoms with E-state index in [1.165, 1.54) is 9.78 Å². The number of aryl methyl sites for hydroxylation is 3. The zero-order chi connectivity index (χ0) is 46.6. The normalized spacial score (nSPS) is 20.6. The molecule has 0 radical (unpaired) electrons. The molecular weight excluding hydrogens is 902 g/mol. The summed E-state index contributed by atoms with van der Waals surface area (Å²) in [6.07, 6.45) is -0.109. The average Bonchev–Trinajstić information content (AvgIpc) is 4.15. The number of thiazole rings is 1. The number of hydrogen-bond donors (Lipinski definition) is 4. The fourth-order valence-electron chi connectivity index (χ4n) is 8.63. The molecule has 0 bridgehead atoms. The van der Waals surface area contributed by atoms with Crippen molar-refractivity contribution in [3.63, 3.8) is 0 Å². The average molecular weight is 957 g/mol. The first-order valence-electron chi connectivity index (χ1n) is 22.2. The molecule has 6 heterocycles. The number of nitrogens with zero attached hydrogens (tertiary/aromatic N) is 6. The molecule has 4 N–H and O–H groups in total. The maximum atomic E-state index is 13.4. The van der Waals surface area contributed by atoms with E-state index in [0.717, 1.165) is 54.9 Å². The molecule has 8 rings (SSSR count). The topological polar surface area (TPSA) is 202 Å². The number of aliphatic imine (C=N–C) groups is 1. The van der Waals surface area contributed by atoms with Gasteiger partial charge in [0.15, 0.2) is 5.82 Å². The van der Waals surface area contributed by atoms with E-state index >= 15 is 0 Å². The second-order valence-corrected chi connectivity index (χ2v) is 19.5. The van der Waals surface area contributed by atoms with Crippen molar-refractivity contribution in [3.8, 4) is 15.4 Å². The summed E-state index contributed by atoms with van der Waals surface area (Å²) < 4.78 is 13.8. The van der Waals surface area contributed by atoms with Gasteiger partial charge in [-0.3, -0.25) is 28.7 Å². The number of carbonyl (C=O) groups is 4. The molecule has 19 heteroatoms. The van der Waals surface area contributed by atoms with Gasteiger partial charge in [0, 0.05) is 47.1 Å². The van der Waals surface area contributed by atoms with Gasteiger partial charge in [-0.15, -0.1) is 32.9 Å². The number of halogens is 1. The number of aliphatic hydroxyl groups is 1. The molecular formula is C47H54ClN9O7S2. The molecule has 3 aliphatic rings. The van der Waals surface area contributed by atoms with Crippen LogP contribution in [0.1, 0.15) is 95.6 Å². The van der Waals surface area contributed by atoms with Gasteiger partial charge in [0.2, 0.25) is 23.6 Å². The number of benzene rings is 2. The maximum Gasteiger partial charge on any atom is 0.249 e. The van der Waals surface area contributed by atoms with Gasteiger partial charge in [-0.2, -0.15) is 0 Å². The van der Waals surface area contributed by atoms with Gasteiger partial charge in [0.05, 0.1) is 59.6 Å². The Bertz CT molecular complexity index is 2610. The van der Waals surface area contributed by atoms with Gasteiger partial charge < -0.3 is 35.4 Å². The highest BCUT2D eigenvalue weighted by atomic mass is 35.5. The predicted octanol–water partition coefficient (Wildman–Crippen LogP) is 5.65. The monoisotopic (exact) mass is 955 g/mol. The first-order valence-corrected chi connectivity index (χ1v) is 24.2. The molecule has 0 spiro atoms. The van der Waals surface area contributed by atoms with Gasteiger partial charge >= 0.3 is 0 Å². The molecule has 16 nitrogen and oxygen atoms in total. The van der Waals surface area contributed by atoms with E-state index in [4.69, 9.17) is 26.1 Å². The lowest BCUT2D eigenvalue weighted by molar-refractivity contribution is -0.140. The number of nitrogens with one attached hydrogen (secondary N) is 3. The molecule has 3 aromatic heterocycles. The third-order valence-electron chi connectivity index (χ3n) is 12.3. The fourth-order valence-corrected chi connectivity index (χ4v) is 10.8. The molecule has 6 atom stereocenters. The van der Waals surface area contributed by atoms with E-state index in [1.54, 1.807) is 22.7 Å². The van der Waals surface area contributed by atoms with Crippen LogP contribution in [0.2, 0.25) is 5.02 Å². The Morgan fingerprint density at radius 1 is 0.985 bits per heavy atom.